The Morgan fingerprint density at radius 1 is 1.24 bits per heavy atom. The Kier molecular flexibility index (Phi) is 5.83. The van der Waals surface area contributed by atoms with Gasteiger partial charge in [-0.2, -0.15) is 0 Å². The molecular formula is C19H21ClN4O4S. The number of rotatable bonds is 6. The number of nitrogens with two attached hydrogens (primary N) is 1. The van der Waals surface area contributed by atoms with Gasteiger partial charge in [-0.3, -0.25) is 0 Å². The van der Waals surface area contributed by atoms with Crippen LogP contribution in [0.3, 0.4) is 0 Å². The van der Waals surface area contributed by atoms with Crippen molar-refractivity contribution in [2.45, 2.75) is 25.0 Å². The van der Waals surface area contributed by atoms with E-state index in [1.54, 1.807) is 12.1 Å². The number of esters is 1. The fraction of sp³-hybridized carbons (Fsp3) is 0.263. The van der Waals surface area contributed by atoms with Gasteiger partial charge in [-0.15, -0.1) is 0 Å². The Morgan fingerprint density at radius 2 is 1.97 bits per heavy atom. The quantitative estimate of drug-likeness (QED) is 0.470. The van der Waals surface area contributed by atoms with Crippen LogP contribution in [0.5, 0.6) is 0 Å². The molecule has 0 amide bonds. The first kappa shape index (κ1) is 21.1. The predicted octanol–water partition coefficient (Wildman–Crippen LogP) is 2.90. The number of sulfonamides is 1. The normalized spacial score (nSPS) is 11.9. The van der Waals surface area contributed by atoms with Crippen LogP contribution in [0.1, 0.15) is 23.1 Å². The summed E-state index contributed by atoms with van der Waals surface area (Å²) in [7, 11) is -0.635. The average molecular weight is 437 g/mol. The van der Waals surface area contributed by atoms with E-state index < -0.39 is 16.0 Å². The number of imidazole rings is 1. The summed E-state index contributed by atoms with van der Waals surface area (Å²) in [5.41, 5.74) is 7.52. The molecule has 0 unspecified atom stereocenters. The number of ether oxygens (including phenoxy) is 1. The summed E-state index contributed by atoms with van der Waals surface area (Å²) in [5.74, 6) is -0.0902. The van der Waals surface area contributed by atoms with E-state index in [0.717, 1.165) is 9.82 Å². The molecule has 2 N–H and O–H groups in total. The molecule has 2 aromatic carbocycles. The number of carbonyl (C=O) groups excluding carboxylic acids is 1. The van der Waals surface area contributed by atoms with Gasteiger partial charge in [0.15, 0.2) is 0 Å². The zero-order chi connectivity index (χ0) is 21.3. The van der Waals surface area contributed by atoms with Gasteiger partial charge in [-0.25, -0.2) is 22.5 Å². The second kappa shape index (κ2) is 8.02. The molecule has 10 heteroatoms. The maximum atomic E-state index is 12.4. The van der Waals surface area contributed by atoms with Gasteiger partial charge in [0.2, 0.25) is 10.0 Å². The molecule has 0 aliphatic rings. The van der Waals surface area contributed by atoms with Gasteiger partial charge < -0.3 is 15.0 Å². The molecule has 3 rings (SSSR count). The maximum absolute atomic E-state index is 12.4. The van der Waals surface area contributed by atoms with Crippen LogP contribution in [0.2, 0.25) is 5.02 Å². The van der Waals surface area contributed by atoms with E-state index in [1.807, 2.05) is 11.5 Å². The fourth-order valence-electron chi connectivity index (χ4n) is 2.92. The largest absolute Gasteiger partial charge is 0.454 e. The zero-order valence-corrected chi connectivity index (χ0v) is 17.8. The molecule has 0 aliphatic carbocycles. The molecule has 154 valence electrons. The molecule has 0 fully saturated rings. The molecule has 0 radical (unpaired) electrons. The van der Waals surface area contributed by atoms with Crippen molar-refractivity contribution < 1.29 is 17.9 Å². The first-order valence-electron chi connectivity index (χ1n) is 8.79. The number of aromatic nitrogens is 2. The Hall–Kier alpha value is -2.62. The highest BCUT2D eigenvalue weighted by molar-refractivity contribution is 7.89. The van der Waals surface area contributed by atoms with Gasteiger partial charge in [-0.05, 0) is 43.3 Å². The smallest absolute Gasteiger partial charge is 0.340 e. The van der Waals surface area contributed by atoms with Crippen LogP contribution < -0.4 is 5.73 Å². The van der Waals surface area contributed by atoms with Crippen LogP contribution >= 0.6 is 11.6 Å². The number of aryl methyl sites for hydroxylation is 1. The van der Waals surface area contributed by atoms with Gasteiger partial charge in [0, 0.05) is 31.4 Å². The van der Waals surface area contributed by atoms with E-state index in [4.69, 9.17) is 22.1 Å². The zero-order valence-electron chi connectivity index (χ0n) is 16.2. The molecular weight excluding hydrogens is 416 g/mol. The molecule has 29 heavy (non-hydrogen) atoms. The topological polar surface area (TPSA) is 108 Å². The van der Waals surface area contributed by atoms with E-state index >= 15 is 0 Å². The number of anilines is 1. The van der Waals surface area contributed by atoms with Crippen molar-refractivity contribution in [3.05, 3.63) is 52.8 Å². The highest BCUT2D eigenvalue weighted by atomic mass is 35.5. The molecule has 0 saturated heterocycles. The SMILES string of the molecule is CCn1c(COC(=O)c2ccc(Cl)cc2N)nc2cc(S(=O)(=O)N(C)C)ccc21. The van der Waals surface area contributed by atoms with E-state index in [1.165, 1.54) is 38.4 Å². The number of carbonyl (C=O) groups is 1. The Morgan fingerprint density at radius 3 is 2.59 bits per heavy atom. The summed E-state index contributed by atoms with van der Waals surface area (Å²) < 4.78 is 33.1. The Balaban J connectivity index is 1.90. The summed E-state index contributed by atoms with van der Waals surface area (Å²) in [6, 6.07) is 9.29. The van der Waals surface area contributed by atoms with Crippen molar-refractivity contribution in [2.24, 2.45) is 0 Å². The number of hydrogen-bond acceptors (Lipinski definition) is 6. The van der Waals surface area contributed by atoms with Crippen LogP contribution in [0.15, 0.2) is 41.3 Å². The highest BCUT2D eigenvalue weighted by Gasteiger charge is 2.20. The number of nitrogen functional groups attached to an aromatic ring is 1. The number of hydrogen-bond donors (Lipinski definition) is 1. The molecule has 0 spiro atoms. The van der Waals surface area contributed by atoms with Gasteiger partial charge in [-0.1, -0.05) is 11.6 Å². The first-order chi connectivity index (χ1) is 13.6. The third-order valence-corrected chi connectivity index (χ3v) is 6.51. The van der Waals surface area contributed by atoms with Crippen LogP contribution in [-0.4, -0.2) is 42.3 Å². The minimum Gasteiger partial charge on any atom is -0.454 e. The lowest BCUT2D eigenvalue weighted by molar-refractivity contribution is 0.0460. The minimum absolute atomic E-state index is 0.0841. The van der Waals surface area contributed by atoms with Crippen molar-refractivity contribution in [3.63, 3.8) is 0 Å². The standard InChI is InChI=1S/C19H21ClN4O4S/c1-4-24-17-8-6-13(29(26,27)23(2)3)10-16(17)22-18(24)11-28-19(25)14-7-5-12(20)9-15(14)21/h5-10H,4,11,21H2,1-3H3. The molecule has 0 saturated carbocycles. The van der Waals surface area contributed by atoms with Crippen molar-refractivity contribution in [3.8, 4) is 0 Å². The lowest BCUT2D eigenvalue weighted by Gasteiger charge is -2.11. The van der Waals surface area contributed by atoms with Gasteiger partial charge in [0.1, 0.15) is 12.4 Å². The summed E-state index contributed by atoms with van der Waals surface area (Å²) in [4.78, 5) is 17.0. The van der Waals surface area contributed by atoms with Crippen molar-refractivity contribution >= 4 is 44.3 Å². The van der Waals surface area contributed by atoms with E-state index in [-0.39, 0.29) is 22.8 Å². The average Bonchev–Trinajstić information content (AvgIpc) is 3.02. The van der Waals surface area contributed by atoms with E-state index in [0.29, 0.717) is 22.9 Å². The van der Waals surface area contributed by atoms with Crippen molar-refractivity contribution in [1.29, 1.82) is 0 Å². The number of fused-ring (bicyclic) bond motifs is 1. The highest BCUT2D eigenvalue weighted by Crippen LogP contribution is 2.23. The Labute approximate surface area is 173 Å². The molecule has 0 atom stereocenters. The maximum Gasteiger partial charge on any atom is 0.340 e. The number of nitrogens with zero attached hydrogens (tertiary/aromatic N) is 3. The van der Waals surface area contributed by atoms with Gasteiger partial charge in [0.25, 0.3) is 0 Å². The van der Waals surface area contributed by atoms with Crippen molar-refractivity contribution in [1.82, 2.24) is 13.9 Å². The van der Waals surface area contributed by atoms with Gasteiger partial charge >= 0.3 is 5.97 Å². The molecule has 8 nitrogen and oxygen atoms in total. The summed E-state index contributed by atoms with van der Waals surface area (Å²) >= 11 is 5.85. The van der Waals surface area contributed by atoms with Crippen LogP contribution in [0, 0.1) is 0 Å². The van der Waals surface area contributed by atoms with Crippen LogP contribution in [-0.2, 0) is 27.9 Å². The number of halogens is 1. The predicted molar refractivity (Wildman–Crippen MR) is 111 cm³/mol. The monoisotopic (exact) mass is 436 g/mol. The third-order valence-electron chi connectivity index (χ3n) is 4.46. The Bertz CT molecular complexity index is 1190. The molecule has 3 aromatic rings. The lowest BCUT2D eigenvalue weighted by atomic mass is 10.2. The fourth-order valence-corrected chi connectivity index (χ4v) is 4.02. The minimum atomic E-state index is -3.57. The third kappa shape index (κ3) is 4.07. The van der Waals surface area contributed by atoms with E-state index in [9.17, 15) is 13.2 Å². The molecule has 0 aliphatic heterocycles. The summed E-state index contributed by atoms with van der Waals surface area (Å²) in [6.07, 6.45) is 0. The van der Waals surface area contributed by atoms with Crippen LogP contribution in [0.4, 0.5) is 5.69 Å². The van der Waals surface area contributed by atoms with E-state index in [2.05, 4.69) is 4.98 Å². The molecule has 1 aromatic heterocycles. The second-order valence-corrected chi connectivity index (χ2v) is 9.11. The lowest BCUT2D eigenvalue weighted by Crippen LogP contribution is -2.22. The summed E-state index contributed by atoms with van der Waals surface area (Å²) in [5, 5.41) is 0.426. The molecule has 1 heterocycles. The number of benzene rings is 2. The summed E-state index contributed by atoms with van der Waals surface area (Å²) in [6.45, 7) is 2.42. The second-order valence-electron chi connectivity index (χ2n) is 6.52. The van der Waals surface area contributed by atoms with Crippen molar-refractivity contribution in [2.75, 3.05) is 19.8 Å². The van der Waals surface area contributed by atoms with Gasteiger partial charge in [0.05, 0.1) is 21.5 Å². The molecule has 0 bridgehead atoms. The first-order valence-corrected chi connectivity index (χ1v) is 10.6. The van der Waals surface area contributed by atoms with Crippen LogP contribution in [0.25, 0.3) is 11.0 Å².